The maximum Gasteiger partial charge on any atom is 0.0484 e. The first kappa shape index (κ1) is 11.9. The van der Waals surface area contributed by atoms with Gasteiger partial charge in [0.15, 0.2) is 0 Å². The minimum atomic E-state index is 0.265. The van der Waals surface area contributed by atoms with Gasteiger partial charge < -0.3 is 10.5 Å². The fourth-order valence-electron chi connectivity index (χ4n) is 4.26. The highest BCUT2D eigenvalue weighted by molar-refractivity contribution is 5.00. The molecule has 3 aliphatic rings. The largest absolute Gasteiger partial charge is 0.381 e. The van der Waals surface area contributed by atoms with E-state index >= 15 is 0 Å². The van der Waals surface area contributed by atoms with Gasteiger partial charge in [0, 0.05) is 38.4 Å². The van der Waals surface area contributed by atoms with Gasteiger partial charge in [-0.1, -0.05) is 6.42 Å². The molecule has 98 valence electrons. The van der Waals surface area contributed by atoms with Crippen LogP contribution in [0.2, 0.25) is 0 Å². The summed E-state index contributed by atoms with van der Waals surface area (Å²) in [6.45, 7) is 5.27. The summed E-state index contributed by atoms with van der Waals surface area (Å²) in [5.74, 6) is 1.95. The Labute approximate surface area is 105 Å². The second kappa shape index (κ2) is 4.87. The van der Waals surface area contributed by atoms with E-state index in [4.69, 9.17) is 10.5 Å². The Balaban J connectivity index is 1.71. The van der Waals surface area contributed by atoms with Gasteiger partial charge >= 0.3 is 0 Å². The highest BCUT2D eigenvalue weighted by Crippen LogP contribution is 2.42. The molecule has 0 bridgehead atoms. The monoisotopic (exact) mass is 238 g/mol. The Hall–Kier alpha value is -0.120. The number of nitrogens with zero attached hydrogens (tertiary/aromatic N) is 1. The SMILES string of the molecule is NCC1(N2CC3CCCC3C2)CCCOCC1. The molecule has 0 radical (unpaired) electrons. The molecule has 2 aliphatic heterocycles. The number of hydrogen-bond acceptors (Lipinski definition) is 3. The average molecular weight is 238 g/mol. The summed E-state index contributed by atoms with van der Waals surface area (Å²) in [5, 5.41) is 0. The third kappa shape index (κ3) is 2.13. The molecule has 3 atom stereocenters. The van der Waals surface area contributed by atoms with Crippen LogP contribution >= 0.6 is 0 Å². The maximum atomic E-state index is 6.14. The van der Waals surface area contributed by atoms with Gasteiger partial charge in [-0.15, -0.1) is 0 Å². The number of ether oxygens (including phenoxy) is 1. The molecule has 3 heteroatoms. The van der Waals surface area contributed by atoms with Gasteiger partial charge in [-0.05, 0) is 43.9 Å². The zero-order chi connectivity index (χ0) is 11.7. The smallest absolute Gasteiger partial charge is 0.0484 e. The summed E-state index contributed by atoms with van der Waals surface area (Å²) in [5.41, 5.74) is 6.41. The van der Waals surface area contributed by atoms with Gasteiger partial charge in [0.25, 0.3) is 0 Å². The van der Waals surface area contributed by atoms with E-state index in [1.54, 1.807) is 0 Å². The van der Waals surface area contributed by atoms with Crippen molar-refractivity contribution in [3.63, 3.8) is 0 Å². The Morgan fingerprint density at radius 2 is 1.82 bits per heavy atom. The molecular weight excluding hydrogens is 212 g/mol. The molecule has 0 spiro atoms. The maximum absolute atomic E-state index is 6.14. The van der Waals surface area contributed by atoms with Crippen molar-refractivity contribution < 1.29 is 4.74 Å². The Morgan fingerprint density at radius 1 is 1.06 bits per heavy atom. The predicted octanol–water partition coefficient (Wildman–Crippen LogP) is 1.62. The van der Waals surface area contributed by atoms with Crippen LogP contribution in [0.1, 0.15) is 38.5 Å². The molecule has 0 aromatic rings. The summed E-state index contributed by atoms with van der Waals surface area (Å²) >= 11 is 0. The van der Waals surface area contributed by atoms with Crippen LogP contribution in [0.3, 0.4) is 0 Å². The van der Waals surface area contributed by atoms with Crippen molar-refractivity contribution in [3.05, 3.63) is 0 Å². The standard InChI is InChI=1S/C14H26N2O/c15-11-14(5-2-7-17-8-6-14)16-9-12-3-1-4-13(12)10-16/h12-13H,1-11,15H2. The van der Waals surface area contributed by atoms with Crippen molar-refractivity contribution in [1.82, 2.24) is 4.90 Å². The van der Waals surface area contributed by atoms with Crippen molar-refractivity contribution in [2.45, 2.75) is 44.1 Å². The number of nitrogens with two attached hydrogens (primary N) is 1. The summed E-state index contributed by atoms with van der Waals surface area (Å²) < 4.78 is 5.62. The number of rotatable bonds is 2. The molecule has 3 nitrogen and oxygen atoms in total. The van der Waals surface area contributed by atoms with Crippen LogP contribution in [0.4, 0.5) is 0 Å². The van der Waals surface area contributed by atoms with Crippen LogP contribution in [0.15, 0.2) is 0 Å². The van der Waals surface area contributed by atoms with Crippen molar-refractivity contribution >= 4 is 0 Å². The Morgan fingerprint density at radius 3 is 2.53 bits per heavy atom. The van der Waals surface area contributed by atoms with E-state index in [-0.39, 0.29) is 5.54 Å². The summed E-state index contributed by atoms with van der Waals surface area (Å²) in [6, 6.07) is 0. The zero-order valence-corrected chi connectivity index (χ0v) is 10.9. The van der Waals surface area contributed by atoms with Crippen LogP contribution in [0, 0.1) is 11.8 Å². The zero-order valence-electron chi connectivity index (χ0n) is 10.9. The summed E-state index contributed by atoms with van der Waals surface area (Å²) in [7, 11) is 0. The minimum absolute atomic E-state index is 0.265. The predicted molar refractivity (Wildman–Crippen MR) is 68.9 cm³/mol. The van der Waals surface area contributed by atoms with E-state index in [1.807, 2.05) is 0 Å². The number of likely N-dealkylation sites (tertiary alicyclic amines) is 1. The minimum Gasteiger partial charge on any atom is -0.381 e. The molecule has 1 saturated carbocycles. The first-order valence-corrected chi connectivity index (χ1v) is 7.37. The van der Waals surface area contributed by atoms with Crippen LogP contribution in [-0.2, 0) is 4.74 Å². The van der Waals surface area contributed by atoms with Gasteiger partial charge in [-0.25, -0.2) is 0 Å². The van der Waals surface area contributed by atoms with Crippen LogP contribution in [-0.4, -0.2) is 43.3 Å². The molecule has 0 aromatic carbocycles. The van der Waals surface area contributed by atoms with E-state index in [0.717, 1.165) is 38.0 Å². The molecule has 0 amide bonds. The molecular formula is C14H26N2O. The lowest BCUT2D eigenvalue weighted by molar-refractivity contribution is 0.0807. The van der Waals surface area contributed by atoms with Crippen molar-refractivity contribution in [2.24, 2.45) is 17.6 Å². The second-order valence-electron chi connectivity index (χ2n) is 6.25. The second-order valence-corrected chi connectivity index (χ2v) is 6.25. The lowest BCUT2D eigenvalue weighted by Gasteiger charge is -2.41. The molecule has 3 fully saturated rings. The molecule has 1 aliphatic carbocycles. The molecule has 2 saturated heterocycles. The van der Waals surface area contributed by atoms with Crippen molar-refractivity contribution in [3.8, 4) is 0 Å². The van der Waals surface area contributed by atoms with E-state index in [2.05, 4.69) is 4.90 Å². The fourth-order valence-corrected chi connectivity index (χ4v) is 4.26. The molecule has 17 heavy (non-hydrogen) atoms. The van der Waals surface area contributed by atoms with Gasteiger partial charge in [0.2, 0.25) is 0 Å². The molecule has 2 N–H and O–H groups in total. The van der Waals surface area contributed by atoms with Gasteiger partial charge in [-0.3, -0.25) is 4.90 Å². The number of fused-ring (bicyclic) bond motifs is 1. The van der Waals surface area contributed by atoms with Gasteiger partial charge in [-0.2, -0.15) is 0 Å². The first-order chi connectivity index (χ1) is 8.34. The third-order valence-corrected chi connectivity index (χ3v) is 5.42. The Kier molecular flexibility index (Phi) is 3.42. The lowest BCUT2D eigenvalue weighted by Crippen LogP contribution is -2.53. The van der Waals surface area contributed by atoms with E-state index in [9.17, 15) is 0 Å². The third-order valence-electron chi connectivity index (χ3n) is 5.42. The van der Waals surface area contributed by atoms with Crippen LogP contribution in [0.25, 0.3) is 0 Å². The average Bonchev–Trinajstić information content (AvgIpc) is 2.84. The molecule has 0 aromatic heterocycles. The Bertz CT molecular complexity index is 249. The van der Waals surface area contributed by atoms with Gasteiger partial charge in [0.05, 0.1) is 0 Å². The quantitative estimate of drug-likeness (QED) is 0.794. The van der Waals surface area contributed by atoms with Crippen LogP contribution < -0.4 is 5.73 Å². The highest BCUT2D eigenvalue weighted by atomic mass is 16.5. The molecule has 3 unspecified atom stereocenters. The van der Waals surface area contributed by atoms with E-state index in [1.165, 1.54) is 45.2 Å². The topological polar surface area (TPSA) is 38.5 Å². The first-order valence-electron chi connectivity index (χ1n) is 7.37. The summed E-state index contributed by atoms with van der Waals surface area (Å²) in [4.78, 5) is 2.73. The summed E-state index contributed by atoms with van der Waals surface area (Å²) in [6.07, 6.45) is 7.94. The highest BCUT2D eigenvalue weighted by Gasteiger charge is 2.45. The number of hydrogen-bond donors (Lipinski definition) is 1. The van der Waals surface area contributed by atoms with Crippen LogP contribution in [0.5, 0.6) is 0 Å². The fraction of sp³-hybridized carbons (Fsp3) is 1.00. The van der Waals surface area contributed by atoms with E-state index in [0.29, 0.717) is 0 Å². The van der Waals surface area contributed by atoms with Gasteiger partial charge in [0.1, 0.15) is 0 Å². The molecule has 2 heterocycles. The van der Waals surface area contributed by atoms with Crippen molar-refractivity contribution in [2.75, 3.05) is 32.8 Å². The normalized spacial score (nSPS) is 43.6. The lowest BCUT2D eigenvalue weighted by atomic mass is 9.88. The molecule has 3 rings (SSSR count). The van der Waals surface area contributed by atoms with E-state index < -0.39 is 0 Å². The van der Waals surface area contributed by atoms with Crippen molar-refractivity contribution in [1.29, 1.82) is 0 Å².